The molecule has 0 radical (unpaired) electrons. The minimum atomic E-state index is 0.197. The van der Waals surface area contributed by atoms with Crippen LogP contribution in [0.25, 0.3) is 22.2 Å². The summed E-state index contributed by atoms with van der Waals surface area (Å²) in [6, 6.07) is 44.4. The summed E-state index contributed by atoms with van der Waals surface area (Å²) >= 11 is 0. The molecule has 5 aromatic carbocycles. The van der Waals surface area contributed by atoms with Gasteiger partial charge in [0.05, 0.1) is 5.69 Å². The van der Waals surface area contributed by atoms with E-state index in [1.54, 1.807) is 0 Å². The van der Waals surface area contributed by atoms with E-state index in [1.807, 2.05) is 36.4 Å². The van der Waals surface area contributed by atoms with Gasteiger partial charge in [-0.3, -0.25) is 0 Å². The summed E-state index contributed by atoms with van der Waals surface area (Å²) in [6.07, 6.45) is 2.97. The summed E-state index contributed by atoms with van der Waals surface area (Å²) in [7, 11) is 0. The Morgan fingerprint density at radius 1 is 0.681 bits per heavy atom. The van der Waals surface area contributed by atoms with Crippen molar-refractivity contribution in [2.45, 2.75) is 39.5 Å². The van der Waals surface area contributed by atoms with Crippen molar-refractivity contribution in [3.05, 3.63) is 150 Å². The van der Waals surface area contributed by atoms with Crippen molar-refractivity contribution in [2.75, 3.05) is 18.0 Å². The van der Waals surface area contributed by atoms with Crippen molar-refractivity contribution in [3.63, 3.8) is 0 Å². The standard InChI is InChI=1S/C42H40N2O3/c1-31-40-26-39(47-30-35-10-6-3-7-11-35)20-21-41(40)44(27-32-12-16-37(17-13-32)43-24-22-33(28-45)23-25-43)42(31)36-14-18-38(19-15-36)46-29-34-8-4-2-5-9-34/h2-21,26,28,33H,22-25,27,29-30H2,1H3. The van der Waals surface area contributed by atoms with Crippen LogP contribution in [0.1, 0.15) is 35.1 Å². The molecule has 0 N–H and O–H groups in total. The van der Waals surface area contributed by atoms with Gasteiger partial charge in [0.25, 0.3) is 0 Å². The molecule has 1 aromatic heterocycles. The molecule has 1 saturated heterocycles. The van der Waals surface area contributed by atoms with E-state index in [0.29, 0.717) is 13.2 Å². The Bertz CT molecular complexity index is 1920. The highest BCUT2D eigenvalue weighted by atomic mass is 16.5. The molecule has 0 unspecified atom stereocenters. The second kappa shape index (κ2) is 14.0. The molecule has 7 rings (SSSR count). The van der Waals surface area contributed by atoms with Gasteiger partial charge in [0.15, 0.2) is 0 Å². The summed E-state index contributed by atoms with van der Waals surface area (Å²) in [5.41, 5.74) is 9.48. The van der Waals surface area contributed by atoms with Gasteiger partial charge in [-0.25, -0.2) is 0 Å². The Kier molecular flexibility index (Phi) is 9.05. The maximum Gasteiger partial charge on any atom is 0.123 e. The molecule has 0 amide bonds. The van der Waals surface area contributed by atoms with Crippen LogP contribution >= 0.6 is 0 Å². The SMILES string of the molecule is Cc1c(-c2ccc(OCc3ccccc3)cc2)n(Cc2ccc(N3CCC(C=O)CC3)cc2)c2ccc(OCc3ccccc3)cc12. The minimum absolute atomic E-state index is 0.197. The summed E-state index contributed by atoms with van der Waals surface area (Å²) in [4.78, 5) is 13.6. The Morgan fingerprint density at radius 3 is 1.89 bits per heavy atom. The monoisotopic (exact) mass is 620 g/mol. The average Bonchev–Trinajstić information content (AvgIpc) is 3.41. The highest BCUT2D eigenvalue weighted by molar-refractivity contribution is 5.92. The normalized spacial score (nSPS) is 13.5. The van der Waals surface area contributed by atoms with Crippen LogP contribution in [-0.2, 0) is 24.6 Å². The van der Waals surface area contributed by atoms with E-state index in [2.05, 4.69) is 107 Å². The number of rotatable bonds is 11. The Labute approximate surface area is 277 Å². The zero-order valence-electron chi connectivity index (χ0n) is 26.8. The molecule has 0 aliphatic carbocycles. The number of anilines is 1. The Balaban J connectivity index is 1.18. The fourth-order valence-electron chi connectivity index (χ4n) is 6.61. The first kappa shape index (κ1) is 30.4. The number of piperidine rings is 1. The summed E-state index contributed by atoms with van der Waals surface area (Å²) < 4.78 is 14.8. The van der Waals surface area contributed by atoms with E-state index in [1.165, 1.54) is 33.4 Å². The zero-order valence-corrected chi connectivity index (χ0v) is 26.8. The van der Waals surface area contributed by atoms with E-state index in [9.17, 15) is 4.79 Å². The van der Waals surface area contributed by atoms with Crippen LogP contribution in [-0.4, -0.2) is 23.9 Å². The molecular formula is C42H40N2O3. The lowest BCUT2D eigenvalue weighted by molar-refractivity contribution is -0.111. The first-order valence-electron chi connectivity index (χ1n) is 16.5. The van der Waals surface area contributed by atoms with Crippen LogP contribution in [0.3, 0.4) is 0 Å². The number of benzene rings is 5. The number of aryl methyl sites for hydroxylation is 1. The van der Waals surface area contributed by atoms with Crippen LogP contribution in [0.5, 0.6) is 11.5 Å². The zero-order chi connectivity index (χ0) is 32.0. The second-order valence-corrected chi connectivity index (χ2v) is 12.4. The molecular weight excluding hydrogens is 580 g/mol. The number of hydrogen-bond acceptors (Lipinski definition) is 4. The van der Waals surface area contributed by atoms with Crippen LogP contribution in [0.15, 0.2) is 127 Å². The van der Waals surface area contributed by atoms with Gasteiger partial charge in [0.1, 0.15) is 31.0 Å². The number of carbonyl (C=O) groups excluding carboxylic acids is 1. The number of hydrogen-bond donors (Lipinski definition) is 0. The van der Waals surface area contributed by atoms with Crippen molar-refractivity contribution >= 4 is 22.9 Å². The topological polar surface area (TPSA) is 43.7 Å². The van der Waals surface area contributed by atoms with Crippen molar-refractivity contribution in [1.82, 2.24) is 4.57 Å². The van der Waals surface area contributed by atoms with Gasteiger partial charge in [-0.2, -0.15) is 0 Å². The number of aldehydes is 1. The average molecular weight is 621 g/mol. The molecule has 6 aromatic rings. The van der Waals surface area contributed by atoms with Crippen molar-refractivity contribution in [3.8, 4) is 22.8 Å². The lowest BCUT2D eigenvalue weighted by Gasteiger charge is -2.31. The van der Waals surface area contributed by atoms with Gasteiger partial charge in [-0.05, 0) is 102 Å². The van der Waals surface area contributed by atoms with E-state index >= 15 is 0 Å². The van der Waals surface area contributed by atoms with E-state index in [-0.39, 0.29) is 5.92 Å². The molecule has 1 aliphatic heterocycles. The number of carbonyl (C=O) groups is 1. The van der Waals surface area contributed by atoms with Gasteiger partial charge in [0.2, 0.25) is 0 Å². The summed E-state index contributed by atoms with van der Waals surface area (Å²) in [6.45, 7) is 5.87. The van der Waals surface area contributed by atoms with Crippen molar-refractivity contribution in [1.29, 1.82) is 0 Å². The van der Waals surface area contributed by atoms with Gasteiger partial charge in [-0.1, -0.05) is 72.8 Å². The van der Waals surface area contributed by atoms with Gasteiger partial charge in [-0.15, -0.1) is 0 Å². The van der Waals surface area contributed by atoms with Crippen LogP contribution < -0.4 is 14.4 Å². The van der Waals surface area contributed by atoms with E-state index < -0.39 is 0 Å². The predicted octanol–water partition coefficient (Wildman–Crippen LogP) is 9.24. The number of ether oxygens (including phenoxy) is 2. The van der Waals surface area contributed by atoms with E-state index in [0.717, 1.165) is 67.0 Å². The second-order valence-electron chi connectivity index (χ2n) is 12.4. The van der Waals surface area contributed by atoms with Crippen molar-refractivity contribution < 1.29 is 14.3 Å². The van der Waals surface area contributed by atoms with Crippen LogP contribution in [0.4, 0.5) is 5.69 Å². The largest absolute Gasteiger partial charge is 0.489 e. The third-order valence-electron chi connectivity index (χ3n) is 9.29. The first-order chi connectivity index (χ1) is 23.1. The number of aromatic nitrogens is 1. The van der Waals surface area contributed by atoms with Gasteiger partial charge >= 0.3 is 0 Å². The third kappa shape index (κ3) is 6.95. The fourth-order valence-corrected chi connectivity index (χ4v) is 6.61. The lowest BCUT2D eigenvalue weighted by atomic mass is 9.98. The van der Waals surface area contributed by atoms with E-state index in [4.69, 9.17) is 9.47 Å². The quantitative estimate of drug-likeness (QED) is 0.136. The molecule has 47 heavy (non-hydrogen) atoms. The minimum Gasteiger partial charge on any atom is -0.489 e. The summed E-state index contributed by atoms with van der Waals surface area (Å²) in [5.74, 6) is 1.91. The highest BCUT2D eigenvalue weighted by Crippen LogP contribution is 2.37. The molecule has 236 valence electrons. The van der Waals surface area contributed by atoms with Gasteiger partial charge in [0, 0.05) is 42.1 Å². The number of fused-ring (bicyclic) bond motifs is 1. The number of nitrogens with zero attached hydrogens (tertiary/aromatic N) is 2. The summed E-state index contributed by atoms with van der Waals surface area (Å²) in [5, 5.41) is 1.18. The molecule has 5 heteroatoms. The van der Waals surface area contributed by atoms with Crippen LogP contribution in [0, 0.1) is 12.8 Å². The first-order valence-corrected chi connectivity index (χ1v) is 16.5. The van der Waals surface area contributed by atoms with Crippen molar-refractivity contribution in [2.24, 2.45) is 5.92 Å². The third-order valence-corrected chi connectivity index (χ3v) is 9.29. The maximum absolute atomic E-state index is 11.2. The Morgan fingerprint density at radius 2 is 1.28 bits per heavy atom. The molecule has 0 spiro atoms. The lowest BCUT2D eigenvalue weighted by Crippen LogP contribution is -2.34. The molecule has 0 saturated carbocycles. The smallest absolute Gasteiger partial charge is 0.123 e. The predicted molar refractivity (Wildman–Crippen MR) is 190 cm³/mol. The molecule has 1 fully saturated rings. The molecule has 2 heterocycles. The maximum atomic E-state index is 11.2. The van der Waals surface area contributed by atoms with Crippen LogP contribution in [0.2, 0.25) is 0 Å². The highest BCUT2D eigenvalue weighted by Gasteiger charge is 2.20. The molecule has 0 atom stereocenters. The van der Waals surface area contributed by atoms with Gasteiger partial charge < -0.3 is 23.7 Å². The molecule has 1 aliphatic rings. The molecule has 0 bridgehead atoms. The molecule has 5 nitrogen and oxygen atoms in total. The fraction of sp³-hybridized carbons (Fsp3) is 0.214. The Hall–Kier alpha value is -5.29.